The van der Waals surface area contributed by atoms with Crippen molar-refractivity contribution in [1.82, 2.24) is 0 Å². The third-order valence-corrected chi connectivity index (χ3v) is 11.0. The molecule has 0 spiro atoms. The molecule has 0 aromatic heterocycles. The van der Waals surface area contributed by atoms with Crippen molar-refractivity contribution >= 4 is 11.9 Å². The molecular formula is C48H96O4. The third-order valence-electron chi connectivity index (χ3n) is 11.0. The summed E-state index contributed by atoms with van der Waals surface area (Å²) in [5, 5.41) is 17.1. The molecule has 0 amide bonds. The minimum Gasteiger partial charge on any atom is -0.481 e. The Morgan fingerprint density at radius 2 is 0.346 bits per heavy atom. The van der Waals surface area contributed by atoms with Gasteiger partial charge < -0.3 is 10.2 Å². The minimum atomic E-state index is -0.657. The maximum Gasteiger partial charge on any atom is 0.303 e. The molecule has 0 saturated carbocycles. The molecule has 0 rings (SSSR count). The summed E-state index contributed by atoms with van der Waals surface area (Å²) in [6.07, 6.45) is 58.3. The number of aliphatic carboxylic acids is 2. The fraction of sp³-hybridized carbons (Fsp3) is 0.958. The number of carboxylic acids is 2. The minimum absolute atomic E-state index is 0.344. The average Bonchev–Trinajstić information content (AvgIpc) is 3.13. The Morgan fingerprint density at radius 1 is 0.231 bits per heavy atom. The molecule has 2 N–H and O–H groups in total. The van der Waals surface area contributed by atoms with Gasteiger partial charge in [-0.2, -0.15) is 0 Å². The predicted molar refractivity (Wildman–Crippen MR) is 230 cm³/mol. The Kier molecular flexibility index (Phi) is 50.9. The van der Waals surface area contributed by atoms with Crippen LogP contribution in [0.1, 0.15) is 296 Å². The fourth-order valence-electron chi connectivity index (χ4n) is 7.42. The fourth-order valence-corrected chi connectivity index (χ4v) is 7.42. The lowest BCUT2D eigenvalue weighted by atomic mass is 10.0. The second kappa shape index (κ2) is 49.9. The highest BCUT2D eigenvalue weighted by atomic mass is 16.4. The Hall–Kier alpha value is -1.06. The number of rotatable bonds is 44. The molecule has 0 aliphatic rings. The van der Waals surface area contributed by atoms with E-state index < -0.39 is 11.9 Å². The number of carboxylic acid groups (broad SMARTS) is 2. The van der Waals surface area contributed by atoms with E-state index in [0.717, 1.165) is 25.7 Å². The van der Waals surface area contributed by atoms with Crippen LogP contribution in [0, 0.1) is 0 Å². The van der Waals surface area contributed by atoms with Gasteiger partial charge in [-0.05, 0) is 12.8 Å². The van der Waals surface area contributed by atoms with Crippen molar-refractivity contribution in [3.63, 3.8) is 0 Å². The van der Waals surface area contributed by atoms with Gasteiger partial charge in [-0.3, -0.25) is 9.59 Å². The molecule has 0 saturated heterocycles. The Morgan fingerprint density at radius 3 is 0.462 bits per heavy atom. The standard InChI is InChI=1S/C34H68O2.C14H28O2/c1-2-3-4-5-6-7-8-9-10-11-12-13-14-15-16-17-18-19-20-21-22-23-24-25-26-27-28-29-30-31-32-33-34(35)36;1-2-3-4-5-6-7-8-9-10-11-12-13-14(15)16/h2-33H2,1H3,(H,35,36);2-13H2,1H3,(H,15,16). The molecule has 0 aromatic carbocycles. The van der Waals surface area contributed by atoms with E-state index >= 15 is 0 Å². The highest BCUT2D eigenvalue weighted by Gasteiger charge is 1.99. The molecule has 0 fully saturated rings. The van der Waals surface area contributed by atoms with E-state index in [4.69, 9.17) is 10.2 Å². The zero-order valence-corrected chi connectivity index (χ0v) is 35.8. The Labute approximate surface area is 327 Å². The molecule has 0 aliphatic heterocycles. The number of carbonyl (C=O) groups is 2. The van der Waals surface area contributed by atoms with Crippen LogP contribution >= 0.6 is 0 Å². The summed E-state index contributed by atoms with van der Waals surface area (Å²) < 4.78 is 0. The molecule has 0 aliphatic carbocycles. The topological polar surface area (TPSA) is 74.6 Å². The van der Waals surface area contributed by atoms with Crippen molar-refractivity contribution in [3.05, 3.63) is 0 Å². The van der Waals surface area contributed by atoms with E-state index in [-0.39, 0.29) is 0 Å². The van der Waals surface area contributed by atoms with Gasteiger partial charge in [-0.15, -0.1) is 0 Å². The summed E-state index contributed by atoms with van der Waals surface area (Å²) in [7, 11) is 0. The molecule has 52 heavy (non-hydrogen) atoms. The first-order valence-corrected chi connectivity index (χ1v) is 24.0. The summed E-state index contributed by atoms with van der Waals surface area (Å²) in [5.74, 6) is -1.30. The predicted octanol–water partition coefficient (Wildman–Crippen LogP) is 17.3. The van der Waals surface area contributed by atoms with Gasteiger partial charge in [0.05, 0.1) is 0 Å². The van der Waals surface area contributed by atoms with Crippen LogP contribution in [-0.4, -0.2) is 22.2 Å². The van der Waals surface area contributed by atoms with E-state index in [1.807, 2.05) is 0 Å². The third kappa shape index (κ3) is 55.7. The van der Waals surface area contributed by atoms with Crippen molar-refractivity contribution in [1.29, 1.82) is 0 Å². The van der Waals surface area contributed by atoms with Gasteiger partial charge in [0.2, 0.25) is 0 Å². The smallest absolute Gasteiger partial charge is 0.303 e. The highest BCUT2D eigenvalue weighted by molar-refractivity contribution is 5.66. The molecule has 0 bridgehead atoms. The van der Waals surface area contributed by atoms with Crippen LogP contribution < -0.4 is 0 Å². The first kappa shape index (κ1) is 53.0. The van der Waals surface area contributed by atoms with Crippen molar-refractivity contribution in [2.75, 3.05) is 0 Å². The first-order chi connectivity index (χ1) is 25.5. The van der Waals surface area contributed by atoms with Gasteiger partial charge in [0.25, 0.3) is 0 Å². The number of hydrogen-bond donors (Lipinski definition) is 2. The van der Waals surface area contributed by atoms with Crippen molar-refractivity contribution < 1.29 is 19.8 Å². The molecule has 0 atom stereocenters. The summed E-state index contributed by atoms with van der Waals surface area (Å²) in [6, 6.07) is 0. The van der Waals surface area contributed by atoms with Crippen molar-refractivity contribution in [3.8, 4) is 0 Å². The van der Waals surface area contributed by atoms with Gasteiger partial charge >= 0.3 is 11.9 Å². The van der Waals surface area contributed by atoms with Crippen LogP contribution in [0.25, 0.3) is 0 Å². The lowest BCUT2D eigenvalue weighted by Crippen LogP contribution is -1.93. The quantitative estimate of drug-likeness (QED) is 0.0611. The van der Waals surface area contributed by atoms with Gasteiger partial charge in [-0.1, -0.05) is 271 Å². The van der Waals surface area contributed by atoms with Crippen LogP contribution in [0.2, 0.25) is 0 Å². The lowest BCUT2D eigenvalue weighted by molar-refractivity contribution is -0.138. The number of unbranched alkanes of at least 4 members (excludes halogenated alkanes) is 40. The normalized spacial score (nSPS) is 11.1. The summed E-state index contributed by atoms with van der Waals surface area (Å²) in [4.78, 5) is 20.7. The molecule has 312 valence electrons. The molecule has 0 aromatic rings. The zero-order valence-electron chi connectivity index (χ0n) is 35.8. The molecular weight excluding hydrogens is 641 g/mol. The monoisotopic (exact) mass is 737 g/mol. The molecule has 4 heteroatoms. The van der Waals surface area contributed by atoms with E-state index in [2.05, 4.69) is 13.8 Å². The second-order valence-electron chi connectivity index (χ2n) is 16.4. The highest BCUT2D eigenvalue weighted by Crippen LogP contribution is 2.17. The number of hydrogen-bond acceptors (Lipinski definition) is 2. The van der Waals surface area contributed by atoms with Gasteiger partial charge in [-0.25, -0.2) is 0 Å². The second-order valence-corrected chi connectivity index (χ2v) is 16.4. The maximum atomic E-state index is 10.5. The van der Waals surface area contributed by atoms with E-state index in [1.165, 1.54) is 244 Å². The van der Waals surface area contributed by atoms with E-state index in [1.54, 1.807) is 0 Å². The van der Waals surface area contributed by atoms with E-state index in [0.29, 0.717) is 12.8 Å². The van der Waals surface area contributed by atoms with Crippen LogP contribution in [0.5, 0.6) is 0 Å². The van der Waals surface area contributed by atoms with E-state index in [9.17, 15) is 9.59 Å². The van der Waals surface area contributed by atoms with Gasteiger partial charge in [0.15, 0.2) is 0 Å². The molecule has 0 unspecified atom stereocenters. The van der Waals surface area contributed by atoms with Crippen LogP contribution in [0.4, 0.5) is 0 Å². The summed E-state index contributed by atoms with van der Waals surface area (Å²) in [5.41, 5.74) is 0. The van der Waals surface area contributed by atoms with Crippen molar-refractivity contribution in [2.45, 2.75) is 296 Å². The van der Waals surface area contributed by atoms with Crippen LogP contribution in [0.15, 0.2) is 0 Å². The lowest BCUT2D eigenvalue weighted by Gasteiger charge is -2.04. The maximum absolute atomic E-state index is 10.5. The Bertz CT molecular complexity index is 663. The van der Waals surface area contributed by atoms with Crippen LogP contribution in [0.3, 0.4) is 0 Å². The average molecular weight is 737 g/mol. The zero-order chi connectivity index (χ0) is 38.3. The van der Waals surface area contributed by atoms with Crippen molar-refractivity contribution in [2.24, 2.45) is 0 Å². The summed E-state index contributed by atoms with van der Waals surface area (Å²) in [6.45, 7) is 4.55. The van der Waals surface area contributed by atoms with Gasteiger partial charge in [0.1, 0.15) is 0 Å². The molecule has 4 nitrogen and oxygen atoms in total. The summed E-state index contributed by atoms with van der Waals surface area (Å²) >= 11 is 0. The molecule has 0 radical (unpaired) electrons. The van der Waals surface area contributed by atoms with Crippen LogP contribution in [-0.2, 0) is 9.59 Å². The first-order valence-electron chi connectivity index (χ1n) is 24.0. The SMILES string of the molecule is CCCCCCCCCCCCCC(=O)O.CCCCCCCCCCCCCCCCCCCCCCCCCCCCCCCCCC(=O)O. The Balaban J connectivity index is 0. The molecule has 0 heterocycles. The van der Waals surface area contributed by atoms with Gasteiger partial charge in [0, 0.05) is 12.8 Å². The largest absolute Gasteiger partial charge is 0.481 e.